The summed E-state index contributed by atoms with van der Waals surface area (Å²) in [5.74, 6) is 0.992. The van der Waals surface area contributed by atoms with E-state index in [9.17, 15) is 8.42 Å². The van der Waals surface area contributed by atoms with E-state index in [-0.39, 0.29) is 4.90 Å². The molecule has 0 radical (unpaired) electrons. The number of anilines is 2. The van der Waals surface area contributed by atoms with Crippen LogP contribution in [0.4, 0.5) is 11.4 Å². The quantitative estimate of drug-likeness (QED) is 0.855. The molecule has 0 saturated carbocycles. The zero-order valence-electron chi connectivity index (χ0n) is 14.4. The van der Waals surface area contributed by atoms with Crippen LogP contribution in [0.3, 0.4) is 0 Å². The van der Waals surface area contributed by atoms with E-state index < -0.39 is 10.0 Å². The molecule has 0 aliphatic carbocycles. The SMILES string of the molecule is COc1ccc(NS(=O)(=O)c2ccc(N3CCCC3)cc2)c(OC)c1. The van der Waals surface area contributed by atoms with Crippen molar-refractivity contribution in [3.05, 3.63) is 42.5 Å². The van der Waals surface area contributed by atoms with E-state index in [2.05, 4.69) is 9.62 Å². The maximum absolute atomic E-state index is 12.6. The minimum Gasteiger partial charge on any atom is -0.497 e. The minimum absolute atomic E-state index is 0.216. The molecule has 3 rings (SSSR count). The van der Waals surface area contributed by atoms with Crippen LogP contribution in [0.1, 0.15) is 12.8 Å². The molecule has 0 bridgehead atoms. The molecule has 1 aliphatic rings. The molecule has 0 atom stereocenters. The molecule has 2 aromatic rings. The predicted molar refractivity (Wildman–Crippen MR) is 98.2 cm³/mol. The highest BCUT2D eigenvalue weighted by Gasteiger charge is 2.18. The molecule has 134 valence electrons. The first-order chi connectivity index (χ1) is 12.0. The van der Waals surface area contributed by atoms with E-state index in [1.807, 2.05) is 12.1 Å². The van der Waals surface area contributed by atoms with Gasteiger partial charge in [0.1, 0.15) is 11.5 Å². The van der Waals surface area contributed by atoms with Crippen molar-refractivity contribution in [1.82, 2.24) is 0 Å². The third kappa shape index (κ3) is 3.82. The van der Waals surface area contributed by atoms with Gasteiger partial charge in [0, 0.05) is 24.8 Å². The Morgan fingerprint density at radius 1 is 0.960 bits per heavy atom. The maximum Gasteiger partial charge on any atom is 0.262 e. The summed E-state index contributed by atoms with van der Waals surface area (Å²) in [7, 11) is -0.669. The lowest BCUT2D eigenvalue weighted by Gasteiger charge is -2.18. The van der Waals surface area contributed by atoms with Crippen LogP contribution >= 0.6 is 0 Å². The van der Waals surface area contributed by atoms with Gasteiger partial charge in [-0.3, -0.25) is 4.72 Å². The molecule has 1 N–H and O–H groups in total. The molecule has 25 heavy (non-hydrogen) atoms. The van der Waals surface area contributed by atoms with Gasteiger partial charge in [0.05, 0.1) is 24.8 Å². The number of ether oxygens (including phenoxy) is 2. The number of hydrogen-bond donors (Lipinski definition) is 1. The number of nitrogens with one attached hydrogen (secondary N) is 1. The second-order valence-electron chi connectivity index (χ2n) is 5.86. The number of sulfonamides is 1. The Bertz CT molecular complexity index is 829. The molecule has 2 aromatic carbocycles. The highest BCUT2D eigenvalue weighted by Crippen LogP contribution is 2.31. The molecule has 1 heterocycles. The van der Waals surface area contributed by atoms with Gasteiger partial charge in [-0.15, -0.1) is 0 Å². The van der Waals surface area contributed by atoms with Gasteiger partial charge in [0.2, 0.25) is 0 Å². The number of benzene rings is 2. The first kappa shape index (κ1) is 17.4. The summed E-state index contributed by atoms with van der Waals surface area (Å²) in [6.45, 7) is 2.04. The van der Waals surface area contributed by atoms with Crippen molar-refractivity contribution in [1.29, 1.82) is 0 Å². The van der Waals surface area contributed by atoms with Gasteiger partial charge in [-0.1, -0.05) is 0 Å². The fourth-order valence-corrected chi connectivity index (χ4v) is 3.97. The first-order valence-electron chi connectivity index (χ1n) is 8.13. The largest absolute Gasteiger partial charge is 0.497 e. The summed E-state index contributed by atoms with van der Waals surface area (Å²) in [5.41, 5.74) is 1.42. The van der Waals surface area contributed by atoms with Crippen LogP contribution in [0.2, 0.25) is 0 Å². The maximum atomic E-state index is 12.6. The van der Waals surface area contributed by atoms with Crippen molar-refractivity contribution in [3.63, 3.8) is 0 Å². The number of nitrogens with zero attached hydrogens (tertiary/aromatic N) is 1. The van der Waals surface area contributed by atoms with Gasteiger partial charge in [-0.25, -0.2) is 8.42 Å². The molecule has 0 amide bonds. The van der Waals surface area contributed by atoms with Crippen LogP contribution in [0.5, 0.6) is 11.5 Å². The van der Waals surface area contributed by atoms with Crippen molar-refractivity contribution in [2.45, 2.75) is 17.7 Å². The second-order valence-corrected chi connectivity index (χ2v) is 7.54. The van der Waals surface area contributed by atoms with Gasteiger partial charge in [-0.05, 0) is 49.2 Å². The normalized spacial score (nSPS) is 14.4. The monoisotopic (exact) mass is 362 g/mol. The standard InChI is InChI=1S/C18H22N2O4S/c1-23-15-7-10-17(18(13-15)24-2)19-25(21,22)16-8-5-14(6-9-16)20-11-3-4-12-20/h5-10,13,19H,3-4,11-12H2,1-2H3. The Morgan fingerprint density at radius 3 is 2.24 bits per heavy atom. The molecular formula is C18H22N2O4S. The molecule has 1 saturated heterocycles. The Balaban J connectivity index is 1.82. The Kier molecular flexibility index (Phi) is 5.03. The van der Waals surface area contributed by atoms with Crippen LogP contribution < -0.4 is 19.1 Å². The van der Waals surface area contributed by atoms with Crippen molar-refractivity contribution in [3.8, 4) is 11.5 Å². The van der Waals surface area contributed by atoms with E-state index in [1.54, 1.807) is 37.4 Å². The zero-order chi connectivity index (χ0) is 17.9. The lowest BCUT2D eigenvalue weighted by atomic mass is 10.3. The molecule has 1 fully saturated rings. The zero-order valence-corrected chi connectivity index (χ0v) is 15.2. The van der Waals surface area contributed by atoms with Gasteiger partial charge in [0.25, 0.3) is 10.0 Å². The molecule has 0 spiro atoms. The van der Waals surface area contributed by atoms with E-state index in [1.165, 1.54) is 20.0 Å². The fourth-order valence-electron chi connectivity index (χ4n) is 2.90. The number of methoxy groups -OCH3 is 2. The summed E-state index contributed by atoms with van der Waals surface area (Å²) in [6.07, 6.45) is 2.36. The van der Waals surface area contributed by atoms with Crippen molar-refractivity contribution < 1.29 is 17.9 Å². The fraction of sp³-hybridized carbons (Fsp3) is 0.333. The van der Waals surface area contributed by atoms with E-state index in [0.717, 1.165) is 18.8 Å². The van der Waals surface area contributed by atoms with Gasteiger partial charge in [-0.2, -0.15) is 0 Å². The average molecular weight is 362 g/mol. The molecule has 7 heteroatoms. The van der Waals surface area contributed by atoms with Crippen LogP contribution in [-0.4, -0.2) is 35.7 Å². The summed E-state index contributed by atoms with van der Waals surface area (Å²) < 4.78 is 38.2. The van der Waals surface area contributed by atoms with E-state index >= 15 is 0 Å². The molecule has 0 unspecified atom stereocenters. The van der Waals surface area contributed by atoms with Crippen molar-refractivity contribution >= 4 is 21.4 Å². The lowest BCUT2D eigenvalue weighted by Crippen LogP contribution is -2.18. The van der Waals surface area contributed by atoms with Crippen LogP contribution in [0.15, 0.2) is 47.4 Å². The third-order valence-electron chi connectivity index (χ3n) is 4.27. The highest BCUT2D eigenvalue weighted by molar-refractivity contribution is 7.92. The Morgan fingerprint density at radius 2 is 1.64 bits per heavy atom. The van der Waals surface area contributed by atoms with Gasteiger partial charge >= 0.3 is 0 Å². The van der Waals surface area contributed by atoms with Crippen LogP contribution in [-0.2, 0) is 10.0 Å². The molecule has 1 aliphatic heterocycles. The Labute approximate surface area is 148 Å². The molecule has 6 nitrogen and oxygen atoms in total. The number of rotatable bonds is 6. The summed E-state index contributed by atoms with van der Waals surface area (Å²) >= 11 is 0. The number of hydrogen-bond acceptors (Lipinski definition) is 5. The predicted octanol–water partition coefficient (Wildman–Crippen LogP) is 3.10. The average Bonchev–Trinajstić information content (AvgIpc) is 3.16. The van der Waals surface area contributed by atoms with Gasteiger partial charge in [0.15, 0.2) is 0 Å². The summed E-state index contributed by atoms with van der Waals surface area (Å²) in [5, 5.41) is 0. The first-order valence-corrected chi connectivity index (χ1v) is 9.61. The molecule has 0 aromatic heterocycles. The van der Waals surface area contributed by atoms with Crippen molar-refractivity contribution in [2.75, 3.05) is 36.9 Å². The minimum atomic E-state index is -3.70. The highest BCUT2D eigenvalue weighted by atomic mass is 32.2. The third-order valence-corrected chi connectivity index (χ3v) is 5.65. The Hall–Kier alpha value is -2.41. The van der Waals surface area contributed by atoms with Crippen LogP contribution in [0.25, 0.3) is 0 Å². The summed E-state index contributed by atoms with van der Waals surface area (Å²) in [6, 6.07) is 11.9. The van der Waals surface area contributed by atoms with Crippen LogP contribution in [0, 0.1) is 0 Å². The van der Waals surface area contributed by atoms with Crippen molar-refractivity contribution in [2.24, 2.45) is 0 Å². The summed E-state index contributed by atoms with van der Waals surface area (Å²) in [4.78, 5) is 2.48. The van der Waals surface area contributed by atoms with Gasteiger partial charge < -0.3 is 14.4 Å². The topological polar surface area (TPSA) is 67.9 Å². The molecular weight excluding hydrogens is 340 g/mol. The van der Waals surface area contributed by atoms with E-state index in [0.29, 0.717) is 17.2 Å². The second kappa shape index (κ2) is 7.23. The van der Waals surface area contributed by atoms with E-state index in [4.69, 9.17) is 9.47 Å². The lowest BCUT2D eigenvalue weighted by molar-refractivity contribution is 0.395. The smallest absolute Gasteiger partial charge is 0.262 e.